The van der Waals surface area contributed by atoms with Crippen molar-refractivity contribution in [2.75, 3.05) is 7.05 Å². The van der Waals surface area contributed by atoms with Gasteiger partial charge in [0.1, 0.15) is 0 Å². The highest BCUT2D eigenvalue weighted by Gasteiger charge is 2.47. The molecule has 0 aliphatic carbocycles. The maximum absolute atomic E-state index is 11.8. The molecule has 0 aromatic carbocycles. The number of halogens is 2. The maximum Gasteiger partial charge on any atom is 0.250 e. The molecule has 80 valence electrons. The average molecular weight is 334 g/mol. The molecule has 1 aromatic heterocycles. The predicted octanol–water partition coefficient (Wildman–Crippen LogP) is 2.47. The smallest absolute Gasteiger partial charge is 0.250 e. The van der Waals surface area contributed by atoms with Gasteiger partial charge in [0.05, 0.1) is 6.04 Å². The molecule has 0 N–H and O–H groups in total. The van der Waals surface area contributed by atoms with Crippen LogP contribution < -0.4 is 0 Å². The first-order valence-corrected chi connectivity index (χ1v) is 6.16. The highest BCUT2D eigenvalue weighted by molar-refractivity contribution is 9.25. The van der Waals surface area contributed by atoms with Crippen LogP contribution in [0.25, 0.3) is 0 Å². The van der Waals surface area contributed by atoms with Gasteiger partial charge in [-0.05, 0) is 11.6 Å². The van der Waals surface area contributed by atoms with Crippen molar-refractivity contribution >= 4 is 37.8 Å². The first-order valence-electron chi connectivity index (χ1n) is 4.57. The quantitative estimate of drug-likeness (QED) is 0.740. The molecule has 1 aromatic rings. The number of rotatable bonds is 1. The number of carbonyl (C=O) groups is 1. The minimum absolute atomic E-state index is 0.0522. The molecule has 1 aliphatic heterocycles. The normalized spacial score (nSPS) is 24.6. The van der Waals surface area contributed by atoms with E-state index in [2.05, 4.69) is 36.8 Å². The van der Waals surface area contributed by atoms with Gasteiger partial charge in [0, 0.05) is 25.9 Å². The summed E-state index contributed by atoms with van der Waals surface area (Å²) in [6.45, 7) is 0. The molecule has 3 nitrogen and oxygen atoms in total. The molecule has 0 saturated carbocycles. The Morgan fingerprint density at radius 2 is 2.33 bits per heavy atom. The van der Waals surface area contributed by atoms with Crippen LogP contribution >= 0.6 is 31.9 Å². The Bertz CT molecular complexity index is 380. The molecule has 5 heteroatoms. The lowest BCUT2D eigenvalue weighted by molar-refractivity contribution is -0.127. The fraction of sp³-hybridized carbons (Fsp3) is 0.400. The second-order valence-corrected chi connectivity index (χ2v) is 7.40. The summed E-state index contributed by atoms with van der Waals surface area (Å²) in [5.41, 5.74) is 1.06. The molecule has 1 saturated heterocycles. The molecule has 15 heavy (non-hydrogen) atoms. The van der Waals surface area contributed by atoms with Crippen molar-refractivity contribution in [1.29, 1.82) is 0 Å². The van der Waals surface area contributed by atoms with Gasteiger partial charge in [0.15, 0.2) is 3.23 Å². The van der Waals surface area contributed by atoms with E-state index in [1.54, 1.807) is 17.3 Å². The average Bonchev–Trinajstić information content (AvgIpc) is 2.44. The third-order valence-corrected chi connectivity index (χ3v) is 3.95. The molecule has 2 rings (SSSR count). The third kappa shape index (κ3) is 1.95. The number of carbonyl (C=O) groups excluding carboxylic acids is 1. The fourth-order valence-electron chi connectivity index (χ4n) is 1.78. The van der Waals surface area contributed by atoms with Gasteiger partial charge in [-0.1, -0.05) is 37.9 Å². The topological polar surface area (TPSA) is 33.2 Å². The van der Waals surface area contributed by atoms with E-state index in [0.717, 1.165) is 5.56 Å². The van der Waals surface area contributed by atoms with E-state index in [-0.39, 0.29) is 11.9 Å². The Hall–Kier alpha value is -0.420. The lowest BCUT2D eigenvalue weighted by atomic mass is 10.1. The summed E-state index contributed by atoms with van der Waals surface area (Å²) >= 11 is 6.78. The Morgan fingerprint density at radius 3 is 2.80 bits per heavy atom. The van der Waals surface area contributed by atoms with Crippen molar-refractivity contribution in [2.24, 2.45) is 0 Å². The molecule has 0 spiro atoms. The minimum atomic E-state index is -0.616. The second kappa shape index (κ2) is 3.87. The van der Waals surface area contributed by atoms with Crippen molar-refractivity contribution in [3.63, 3.8) is 0 Å². The number of pyridine rings is 1. The first-order chi connectivity index (χ1) is 7.02. The Morgan fingerprint density at radius 1 is 1.60 bits per heavy atom. The molecular formula is C10H10Br2N2O. The number of alkyl halides is 2. The van der Waals surface area contributed by atoms with Gasteiger partial charge < -0.3 is 4.90 Å². The molecule has 0 bridgehead atoms. The number of hydrogen-bond acceptors (Lipinski definition) is 2. The highest BCUT2D eigenvalue weighted by Crippen LogP contribution is 2.46. The zero-order valence-corrected chi connectivity index (χ0v) is 11.3. The van der Waals surface area contributed by atoms with Crippen LogP contribution in [-0.4, -0.2) is 26.1 Å². The minimum Gasteiger partial charge on any atom is -0.337 e. The molecule has 0 radical (unpaired) electrons. The monoisotopic (exact) mass is 332 g/mol. The fourth-order valence-corrected chi connectivity index (χ4v) is 2.95. The second-order valence-electron chi connectivity index (χ2n) is 3.63. The van der Waals surface area contributed by atoms with Crippen molar-refractivity contribution < 1.29 is 4.79 Å². The van der Waals surface area contributed by atoms with E-state index in [9.17, 15) is 4.79 Å². The zero-order chi connectivity index (χ0) is 11.1. The van der Waals surface area contributed by atoms with Crippen LogP contribution in [0.1, 0.15) is 18.0 Å². The van der Waals surface area contributed by atoms with Gasteiger partial charge in [-0.25, -0.2) is 0 Å². The van der Waals surface area contributed by atoms with Gasteiger partial charge >= 0.3 is 0 Å². The summed E-state index contributed by atoms with van der Waals surface area (Å²) in [6.07, 6.45) is 4.24. The first kappa shape index (κ1) is 11.1. The van der Waals surface area contributed by atoms with Crippen molar-refractivity contribution in [1.82, 2.24) is 9.88 Å². The van der Waals surface area contributed by atoms with Crippen LogP contribution in [0.2, 0.25) is 0 Å². The van der Waals surface area contributed by atoms with Gasteiger partial charge in [-0.2, -0.15) is 0 Å². The van der Waals surface area contributed by atoms with Gasteiger partial charge in [0.25, 0.3) is 5.91 Å². The van der Waals surface area contributed by atoms with Crippen molar-refractivity contribution in [3.05, 3.63) is 30.1 Å². The Balaban J connectivity index is 2.31. The highest BCUT2D eigenvalue weighted by atomic mass is 79.9. The van der Waals surface area contributed by atoms with Crippen LogP contribution in [0.5, 0.6) is 0 Å². The van der Waals surface area contributed by atoms with Crippen LogP contribution in [0.15, 0.2) is 24.5 Å². The molecule has 2 heterocycles. The van der Waals surface area contributed by atoms with Gasteiger partial charge in [0.2, 0.25) is 0 Å². The molecule has 1 amide bonds. The molecule has 1 fully saturated rings. The van der Waals surface area contributed by atoms with E-state index >= 15 is 0 Å². The third-order valence-electron chi connectivity index (χ3n) is 2.62. The van der Waals surface area contributed by atoms with Crippen LogP contribution in [0, 0.1) is 0 Å². The SMILES string of the molecule is CN1C(=O)C(Br)(Br)CC1c1cccnc1. The van der Waals surface area contributed by atoms with E-state index in [1.807, 2.05) is 19.2 Å². The van der Waals surface area contributed by atoms with Crippen LogP contribution in [0.4, 0.5) is 0 Å². The van der Waals surface area contributed by atoms with E-state index in [1.165, 1.54) is 0 Å². The van der Waals surface area contributed by atoms with Crippen LogP contribution in [-0.2, 0) is 4.79 Å². The summed E-state index contributed by atoms with van der Waals surface area (Å²) in [5, 5.41) is 0. The summed E-state index contributed by atoms with van der Waals surface area (Å²) in [7, 11) is 1.81. The molecular weight excluding hydrogens is 324 g/mol. The zero-order valence-electron chi connectivity index (χ0n) is 8.15. The van der Waals surface area contributed by atoms with Crippen molar-refractivity contribution in [3.8, 4) is 0 Å². The Kier molecular flexibility index (Phi) is 2.85. The molecule has 1 atom stereocenters. The number of amides is 1. The standard InChI is InChI=1S/C10H10Br2N2O/c1-14-8(5-10(11,12)9(14)15)7-3-2-4-13-6-7/h2-4,6,8H,5H2,1H3. The van der Waals surface area contributed by atoms with Gasteiger partial charge in [-0.15, -0.1) is 0 Å². The lowest BCUT2D eigenvalue weighted by Gasteiger charge is -2.18. The maximum atomic E-state index is 11.8. The van der Waals surface area contributed by atoms with Crippen LogP contribution in [0.3, 0.4) is 0 Å². The number of likely N-dealkylation sites (tertiary alicyclic amines) is 1. The number of nitrogens with zero attached hydrogens (tertiary/aromatic N) is 2. The van der Waals surface area contributed by atoms with E-state index < -0.39 is 3.23 Å². The summed E-state index contributed by atoms with van der Waals surface area (Å²) in [4.78, 5) is 17.6. The molecule has 1 aliphatic rings. The summed E-state index contributed by atoms with van der Waals surface area (Å²) < 4.78 is -0.616. The number of aromatic nitrogens is 1. The number of hydrogen-bond donors (Lipinski definition) is 0. The summed E-state index contributed by atoms with van der Waals surface area (Å²) in [5.74, 6) is 0.0522. The van der Waals surface area contributed by atoms with E-state index in [0.29, 0.717) is 6.42 Å². The van der Waals surface area contributed by atoms with E-state index in [4.69, 9.17) is 0 Å². The summed E-state index contributed by atoms with van der Waals surface area (Å²) in [6, 6.07) is 3.96. The molecule has 1 unspecified atom stereocenters. The Labute approximate surface area is 105 Å². The predicted molar refractivity (Wildman–Crippen MR) is 65.0 cm³/mol. The largest absolute Gasteiger partial charge is 0.337 e. The lowest BCUT2D eigenvalue weighted by Crippen LogP contribution is -2.28. The van der Waals surface area contributed by atoms with Gasteiger partial charge in [-0.3, -0.25) is 9.78 Å². The van der Waals surface area contributed by atoms with Crippen molar-refractivity contribution in [2.45, 2.75) is 15.7 Å².